The third-order valence-corrected chi connectivity index (χ3v) is 3.62. The average molecular weight is 257 g/mol. The summed E-state index contributed by atoms with van der Waals surface area (Å²) in [4.78, 5) is 9.67. The van der Waals surface area contributed by atoms with Crippen LogP contribution in [-0.4, -0.2) is 17.3 Å². The lowest BCUT2D eigenvalue weighted by Gasteiger charge is -2.13. The van der Waals surface area contributed by atoms with Crippen molar-refractivity contribution in [3.05, 3.63) is 34.1 Å². The molecule has 0 radical (unpaired) electrons. The summed E-state index contributed by atoms with van der Waals surface area (Å²) in [6, 6.07) is 3.58. The molecule has 0 spiro atoms. The molecule has 0 aromatic heterocycles. The van der Waals surface area contributed by atoms with Crippen LogP contribution in [0.4, 0.5) is 10.1 Å². The summed E-state index contributed by atoms with van der Waals surface area (Å²) < 4.78 is 18.7. The first-order valence-corrected chi connectivity index (χ1v) is 5.87. The quantitative estimate of drug-likeness (QED) is 0.501. The maximum absolute atomic E-state index is 13.3. The van der Waals surface area contributed by atoms with E-state index in [0.29, 0.717) is 12.4 Å². The summed E-state index contributed by atoms with van der Waals surface area (Å²) in [6.45, 7) is 0.480. The Kier molecular flexibility index (Phi) is 3.24. The predicted molar refractivity (Wildman–Crippen MR) is 64.1 cm³/mol. The van der Waals surface area contributed by atoms with Crippen LogP contribution in [0.1, 0.15) is 12.8 Å². The zero-order valence-electron chi connectivity index (χ0n) is 9.06. The molecule has 1 aromatic rings. The molecule has 1 aliphatic carbocycles. The summed E-state index contributed by atoms with van der Waals surface area (Å²) >= 11 is 4.23. The Labute approximate surface area is 103 Å². The molecule has 17 heavy (non-hydrogen) atoms. The molecule has 6 heteroatoms. The first kappa shape index (κ1) is 12.2. The van der Waals surface area contributed by atoms with E-state index < -0.39 is 16.4 Å². The number of rotatable bonds is 5. The number of halogens is 1. The van der Waals surface area contributed by atoms with E-state index in [1.807, 2.05) is 0 Å². The van der Waals surface area contributed by atoms with Crippen LogP contribution >= 0.6 is 12.6 Å². The summed E-state index contributed by atoms with van der Waals surface area (Å²) in [5, 5.41) is 10.4. The molecule has 1 aromatic carbocycles. The molecule has 2 rings (SSSR count). The van der Waals surface area contributed by atoms with Crippen molar-refractivity contribution in [2.24, 2.45) is 5.41 Å². The Morgan fingerprint density at radius 3 is 2.71 bits per heavy atom. The summed E-state index contributed by atoms with van der Waals surface area (Å²) in [7, 11) is 0. The van der Waals surface area contributed by atoms with E-state index in [1.165, 1.54) is 6.07 Å². The van der Waals surface area contributed by atoms with Gasteiger partial charge in [0.2, 0.25) is 5.82 Å². The van der Waals surface area contributed by atoms with Gasteiger partial charge in [0.1, 0.15) is 5.75 Å². The fourth-order valence-electron chi connectivity index (χ4n) is 1.49. The zero-order valence-corrected chi connectivity index (χ0v) is 9.95. The second-order valence-corrected chi connectivity index (χ2v) is 4.63. The molecule has 1 saturated carbocycles. The van der Waals surface area contributed by atoms with Crippen LogP contribution in [0.25, 0.3) is 0 Å². The van der Waals surface area contributed by atoms with E-state index in [1.54, 1.807) is 0 Å². The third kappa shape index (κ3) is 2.69. The molecule has 0 unspecified atom stereocenters. The first-order chi connectivity index (χ1) is 8.06. The molecular weight excluding hydrogens is 245 g/mol. The number of hydrogen-bond acceptors (Lipinski definition) is 4. The molecule has 1 fully saturated rings. The van der Waals surface area contributed by atoms with Gasteiger partial charge >= 0.3 is 5.69 Å². The maximum atomic E-state index is 13.3. The number of thiol groups is 1. The molecule has 0 heterocycles. The number of ether oxygens (including phenoxy) is 1. The molecule has 0 saturated heterocycles. The predicted octanol–water partition coefficient (Wildman–Crippen LogP) is 2.82. The Bertz CT molecular complexity index is 448. The van der Waals surface area contributed by atoms with Gasteiger partial charge in [0.15, 0.2) is 0 Å². The molecular formula is C11H12FNO3S. The second kappa shape index (κ2) is 4.52. The van der Waals surface area contributed by atoms with Crippen molar-refractivity contribution < 1.29 is 14.1 Å². The maximum Gasteiger partial charge on any atom is 0.305 e. The minimum Gasteiger partial charge on any atom is -0.493 e. The topological polar surface area (TPSA) is 52.4 Å². The van der Waals surface area contributed by atoms with Gasteiger partial charge in [0, 0.05) is 17.5 Å². The van der Waals surface area contributed by atoms with Gasteiger partial charge in [0.25, 0.3) is 0 Å². The van der Waals surface area contributed by atoms with Crippen LogP contribution in [0.2, 0.25) is 0 Å². The second-order valence-electron chi connectivity index (χ2n) is 4.32. The highest BCUT2D eigenvalue weighted by Gasteiger charge is 2.42. The Morgan fingerprint density at radius 2 is 2.24 bits per heavy atom. The summed E-state index contributed by atoms with van der Waals surface area (Å²) in [6.07, 6.45) is 2.12. The van der Waals surface area contributed by atoms with Crippen molar-refractivity contribution in [2.45, 2.75) is 12.8 Å². The molecule has 0 atom stereocenters. The van der Waals surface area contributed by atoms with E-state index in [9.17, 15) is 14.5 Å². The Hall–Kier alpha value is -1.30. The van der Waals surface area contributed by atoms with Crippen LogP contribution in [-0.2, 0) is 0 Å². The normalized spacial score (nSPS) is 16.6. The largest absolute Gasteiger partial charge is 0.493 e. The molecule has 0 amide bonds. The lowest BCUT2D eigenvalue weighted by atomic mass is 10.2. The number of nitro groups is 1. The highest BCUT2D eigenvalue weighted by Crippen LogP contribution is 2.46. The minimum absolute atomic E-state index is 0.112. The number of hydrogen-bond donors (Lipinski definition) is 1. The van der Waals surface area contributed by atoms with Crippen molar-refractivity contribution in [1.82, 2.24) is 0 Å². The highest BCUT2D eigenvalue weighted by molar-refractivity contribution is 7.80. The highest BCUT2D eigenvalue weighted by atomic mass is 32.1. The molecule has 0 aliphatic heterocycles. The van der Waals surface area contributed by atoms with Crippen LogP contribution in [0.15, 0.2) is 18.2 Å². The Balaban J connectivity index is 2.03. The van der Waals surface area contributed by atoms with Crippen LogP contribution in [0.5, 0.6) is 5.75 Å². The fourth-order valence-corrected chi connectivity index (χ4v) is 1.89. The molecule has 0 N–H and O–H groups in total. The van der Waals surface area contributed by atoms with E-state index in [2.05, 4.69) is 12.6 Å². The first-order valence-electron chi connectivity index (χ1n) is 5.24. The Morgan fingerprint density at radius 1 is 1.53 bits per heavy atom. The van der Waals surface area contributed by atoms with Gasteiger partial charge in [-0.15, -0.1) is 0 Å². The smallest absolute Gasteiger partial charge is 0.305 e. The van der Waals surface area contributed by atoms with Gasteiger partial charge in [-0.05, 0) is 24.7 Å². The van der Waals surface area contributed by atoms with Crippen molar-refractivity contribution in [1.29, 1.82) is 0 Å². The van der Waals surface area contributed by atoms with Crippen LogP contribution < -0.4 is 4.74 Å². The number of nitrogens with zero attached hydrogens (tertiary/aromatic N) is 1. The molecule has 1 aliphatic rings. The number of nitro benzene ring substituents is 1. The summed E-state index contributed by atoms with van der Waals surface area (Å²) in [5.74, 6) is 0.187. The lowest BCUT2D eigenvalue weighted by Crippen LogP contribution is -2.14. The summed E-state index contributed by atoms with van der Waals surface area (Å²) in [5.41, 5.74) is -0.422. The van der Waals surface area contributed by atoms with Crippen LogP contribution in [0, 0.1) is 21.3 Å². The van der Waals surface area contributed by atoms with Gasteiger partial charge in [-0.1, -0.05) is 0 Å². The van der Waals surface area contributed by atoms with Gasteiger partial charge in [-0.25, -0.2) is 0 Å². The number of benzene rings is 1. The van der Waals surface area contributed by atoms with Crippen molar-refractivity contribution in [3.8, 4) is 5.75 Å². The minimum atomic E-state index is -0.872. The van der Waals surface area contributed by atoms with Gasteiger partial charge in [0.05, 0.1) is 11.5 Å². The van der Waals surface area contributed by atoms with Gasteiger partial charge in [-0.2, -0.15) is 17.0 Å². The SMILES string of the molecule is O=[N+]([O-])c1ccc(OCC2(CS)CC2)cc1F. The molecule has 0 bridgehead atoms. The average Bonchev–Trinajstić information content (AvgIpc) is 3.07. The van der Waals surface area contributed by atoms with E-state index >= 15 is 0 Å². The van der Waals surface area contributed by atoms with Gasteiger partial charge in [-0.3, -0.25) is 10.1 Å². The van der Waals surface area contributed by atoms with Gasteiger partial charge < -0.3 is 4.74 Å². The lowest BCUT2D eigenvalue weighted by molar-refractivity contribution is -0.387. The fraction of sp³-hybridized carbons (Fsp3) is 0.455. The van der Waals surface area contributed by atoms with Crippen LogP contribution in [0.3, 0.4) is 0 Å². The van der Waals surface area contributed by atoms with Crippen molar-refractivity contribution in [2.75, 3.05) is 12.4 Å². The van der Waals surface area contributed by atoms with E-state index in [4.69, 9.17) is 4.74 Å². The van der Waals surface area contributed by atoms with Crippen molar-refractivity contribution in [3.63, 3.8) is 0 Å². The van der Waals surface area contributed by atoms with E-state index in [0.717, 1.165) is 30.7 Å². The van der Waals surface area contributed by atoms with E-state index in [-0.39, 0.29) is 5.41 Å². The third-order valence-electron chi connectivity index (χ3n) is 2.95. The monoisotopic (exact) mass is 257 g/mol. The standard InChI is InChI=1S/C11H12FNO3S/c12-9-5-8(1-2-10(9)13(14)15)16-6-11(7-17)3-4-11/h1-2,5,17H,3-4,6-7H2. The van der Waals surface area contributed by atoms with Crippen molar-refractivity contribution >= 4 is 18.3 Å². The molecule has 92 valence electrons. The zero-order chi connectivity index (χ0) is 12.5. The molecule has 4 nitrogen and oxygen atoms in total.